The SMILES string of the molecule is C=C/C(=C\C=C(/C=C)OC)CO. The summed E-state index contributed by atoms with van der Waals surface area (Å²) >= 11 is 0. The topological polar surface area (TPSA) is 29.5 Å². The van der Waals surface area contributed by atoms with Gasteiger partial charge in [-0.1, -0.05) is 25.3 Å². The average Bonchev–Trinajstić information content (AvgIpc) is 2.13. The van der Waals surface area contributed by atoms with Crippen molar-refractivity contribution in [2.45, 2.75) is 0 Å². The zero-order valence-corrected chi connectivity index (χ0v) is 7.29. The van der Waals surface area contributed by atoms with Crippen LogP contribution in [0.3, 0.4) is 0 Å². The summed E-state index contributed by atoms with van der Waals surface area (Å²) in [6.45, 7) is 7.07. The van der Waals surface area contributed by atoms with Crippen molar-refractivity contribution in [1.29, 1.82) is 0 Å². The lowest BCUT2D eigenvalue weighted by Gasteiger charge is -1.97. The fraction of sp³-hybridized carbons (Fsp3) is 0.200. The molecule has 0 heterocycles. The van der Waals surface area contributed by atoms with Crippen LogP contribution in [-0.2, 0) is 4.74 Å². The Balaban J connectivity index is 4.40. The van der Waals surface area contributed by atoms with E-state index in [1.165, 1.54) is 0 Å². The van der Waals surface area contributed by atoms with Crippen LogP contribution in [-0.4, -0.2) is 18.8 Å². The summed E-state index contributed by atoms with van der Waals surface area (Å²) in [5, 5.41) is 8.75. The summed E-state index contributed by atoms with van der Waals surface area (Å²) in [4.78, 5) is 0. The molecule has 0 unspecified atom stereocenters. The van der Waals surface area contributed by atoms with Crippen LogP contribution < -0.4 is 0 Å². The van der Waals surface area contributed by atoms with Crippen molar-refractivity contribution in [3.05, 3.63) is 48.8 Å². The lowest BCUT2D eigenvalue weighted by molar-refractivity contribution is 0.307. The van der Waals surface area contributed by atoms with Gasteiger partial charge in [-0.3, -0.25) is 0 Å². The molecule has 0 fully saturated rings. The monoisotopic (exact) mass is 166 g/mol. The molecule has 66 valence electrons. The van der Waals surface area contributed by atoms with E-state index in [4.69, 9.17) is 9.84 Å². The first-order valence-electron chi connectivity index (χ1n) is 3.59. The minimum absolute atomic E-state index is 0.0197. The van der Waals surface area contributed by atoms with Crippen LogP contribution >= 0.6 is 0 Å². The second-order valence-electron chi connectivity index (χ2n) is 2.08. The minimum Gasteiger partial charge on any atom is -0.497 e. The summed E-state index contributed by atoms with van der Waals surface area (Å²) in [6.07, 6.45) is 6.63. The third-order valence-corrected chi connectivity index (χ3v) is 1.34. The Morgan fingerprint density at radius 1 is 1.33 bits per heavy atom. The predicted molar refractivity (Wildman–Crippen MR) is 50.7 cm³/mol. The highest BCUT2D eigenvalue weighted by Gasteiger charge is 1.87. The van der Waals surface area contributed by atoms with E-state index in [0.717, 1.165) is 5.57 Å². The lowest BCUT2D eigenvalue weighted by Crippen LogP contribution is -1.85. The molecule has 0 aromatic rings. The Hall–Kier alpha value is -1.28. The predicted octanol–water partition coefficient (Wildman–Crippen LogP) is 1.81. The molecule has 0 aromatic heterocycles. The number of hydrogen-bond acceptors (Lipinski definition) is 2. The Kier molecular flexibility index (Phi) is 5.75. The summed E-state index contributed by atoms with van der Waals surface area (Å²) in [7, 11) is 1.56. The molecule has 0 aliphatic carbocycles. The number of methoxy groups -OCH3 is 1. The van der Waals surface area contributed by atoms with Gasteiger partial charge in [-0.2, -0.15) is 0 Å². The molecule has 0 spiro atoms. The molecular formula is C10H14O2. The molecular weight excluding hydrogens is 152 g/mol. The van der Waals surface area contributed by atoms with Crippen LogP contribution in [0.5, 0.6) is 0 Å². The first-order chi connectivity index (χ1) is 5.78. The Bertz CT molecular complexity index is 188. The second kappa shape index (κ2) is 6.43. The van der Waals surface area contributed by atoms with E-state index in [0.29, 0.717) is 5.76 Å². The fourth-order valence-corrected chi connectivity index (χ4v) is 0.594. The Labute approximate surface area is 73.2 Å². The molecule has 2 heteroatoms. The van der Waals surface area contributed by atoms with Gasteiger partial charge in [0.15, 0.2) is 0 Å². The van der Waals surface area contributed by atoms with E-state index in [1.807, 2.05) is 0 Å². The van der Waals surface area contributed by atoms with E-state index in [1.54, 1.807) is 31.4 Å². The van der Waals surface area contributed by atoms with E-state index in [9.17, 15) is 0 Å². The number of ether oxygens (including phenoxy) is 1. The summed E-state index contributed by atoms with van der Waals surface area (Å²) in [6, 6.07) is 0. The molecule has 0 atom stereocenters. The van der Waals surface area contributed by atoms with Crippen molar-refractivity contribution in [2.75, 3.05) is 13.7 Å². The number of aliphatic hydroxyl groups is 1. The molecule has 0 saturated heterocycles. The Morgan fingerprint density at radius 2 is 2.00 bits per heavy atom. The van der Waals surface area contributed by atoms with Gasteiger partial charge in [-0.25, -0.2) is 0 Å². The Morgan fingerprint density at radius 3 is 2.33 bits per heavy atom. The maximum atomic E-state index is 8.75. The zero-order chi connectivity index (χ0) is 9.40. The highest BCUT2D eigenvalue weighted by molar-refractivity contribution is 5.26. The molecule has 0 bridgehead atoms. The van der Waals surface area contributed by atoms with Crippen molar-refractivity contribution >= 4 is 0 Å². The molecule has 0 rings (SSSR count). The largest absolute Gasteiger partial charge is 0.497 e. The van der Waals surface area contributed by atoms with Crippen LogP contribution in [0.15, 0.2) is 48.8 Å². The van der Waals surface area contributed by atoms with E-state index >= 15 is 0 Å². The van der Waals surface area contributed by atoms with Gasteiger partial charge in [0.1, 0.15) is 5.76 Å². The van der Waals surface area contributed by atoms with Gasteiger partial charge in [0.2, 0.25) is 0 Å². The molecule has 0 radical (unpaired) electrons. The van der Waals surface area contributed by atoms with Crippen LogP contribution in [0.1, 0.15) is 0 Å². The van der Waals surface area contributed by atoms with Gasteiger partial charge in [0.05, 0.1) is 13.7 Å². The highest BCUT2D eigenvalue weighted by Crippen LogP contribution is 2.00. The number of aliphatic hydroxyl groups excluding tert-OH is 1. The van der Waals surface area contributed by atoms with Gasteiger partial charge in [0.25, 0.3) is 0 Å². The maximum absolute atomic E-state index is 8.75. The van der Waals surface area contributed by atoms with Crippen molar-refractivity contribution < 1.29 is 9.84 Å². The normalized spacial score (nSPS) is 12.5. The van der Waals surface area contributed by atoms with Crippen molar-refractivity contribution in [3.63, 3.8) is 0 Å². The van der Waals surface area contributed by atoms with Crippen LogP contribution in [0.25, 0.3) is 0 Å². The molecule has 0 aliphatic heterocycles. The minimum atomic E-state index is -0.0197. The smallest absolute Gasteiger partial charge is 0.118 e. The van der Waals surface area contributed by atoms with E-state index in [-0.39, 0.29) is 6.61 Å². The fourth-order valence-electron chi connectivity index (χ4n) is 0.594. The number of allylic oxidation sites excluding steroid dienone is 3. The first-order valence-corrected chi connectivity index (χ1v) is 3.59. The first kappa shape index (κ1) is 10.7. The molecule has 1 N–H and O–H groups in total. The molecule has 2 nitrogen and oxygen atoms in total. The third kappa shape index (κ3) is 3.78. The van der Waals surface area contributed by atoms with Crippen molar-refractivity contribution in [2.24, 2.45) is 0 Å². The highest BCUT2D eigenvalue weighted by atomic mass is 16.5. The quantitative estimate of drug-likeness (QED) is 0.498. The molecule has 0 amide bonds. The van der Waals surface area contributed by atoms with Crippen molar-refractivity contribution in [1.82, 2.24) is 0 Å². The number of rotatable bonds is 5. The number of hydrogen-bond donors (Lipinski definition) is 1. The molecule has 0 aliphatic rings. The second-order valence-corrected chi connectivity index (χ2v) is 2.08. The lowest BCUT2D eigenvalue weighted by atomic mass is 10.2. The van der Waals surface area contributed by atoms with Crippen LogP contribution in [0.4, 0.5) is 0 Å². The van der Waals surface area contributed by atoms with Crippen LogP contribution in [0.2, 0.25) is 0 Å². The summed E-state index contributed by atoms with van der Waals surface area (Å²) in [5.41, 5.74) is 0.742. The van der Waals surface area contributed by atoms with Gasteiger partial charge < -0.3 is 9.84 Å². The van der Waals surface area contributed by atoms with E-state index in [2.05, 4.69) is 13.2 Å². The van der Waals surface area contributed by atoms with Crippen LogP contribution in [0, 0.1) is 0 Å². The van der Waals surface area contributed by atoms with Gasteiger partial charge in [-0.15, -0.1) is 0 Å². The van der Waals surface area contributed by atoms with Crippen molar-refractivity contribution in [3.8, 4) is 0 Å². The average molecular weight is 166 g/mol. The van der Waals surface area contributed by atoms with Gasteiger partial charge >= 0.3 is 0 Å². The van der Waals surface area contributed by atoms with E-state index < -0.39 is 0 Å². The summed E-state index contributed by atoms with van der Waals surface area (Å²) < 4.78 is 4.92. The standard InChI is InChI=1S/C10H14O2/c1-4-9(8-11)6-7-10(5-2)12-3/h4-7,11H,1-2,8H2,3H3/b9-6+,10-7+. The van der Waals surface area contributed by atoms with Gasteiger partial charge in [0, 0.05) is 0 Å². The van der Waals surface area contributed by atoms with Gasteiger partial charge in [-0.05, 0) is 17.7 Å². The molecule has 12 heavy (non-hydrogen) atoms. The maximum Gasteiger partial charge on any atom is 0.118 e. The third-order valence-electron chi connectivity index (χ3n) is 1.34. The zero-order valence-electron chi connectivity index (χ0n) is 7.29. The summed E-state index contributed by atoms with van der Waals surface area (Å²) in [5.74, 6) is 0.655. The molecule has 0 saturated carbocycles. The molecule has 0 aromatic carbocycles.